The summed E-state index contributed by atoms with van der Waals surface area (Å²) in [5.41, 5.74) is 3.14. The first-order valence-electron chi connectivity index (χ1n) is 8.78. The number of para-hydroxylation sites is 1. The van der Waals surface area contributed by atoms with Gasteiger partial charge in [0.15, 0.2) is 5.82 Å². The number of aromatic nitrogens is 3. The number of rotatable bonds is 7. The van der Waals surface area contributed by atoms with E-state index in [0.717, 1.165) is 12.1 Å². The summed E-state index contributed by atoms with van der Waals surface area (Å²) in [5, 5.41) is 14.2. The fraction of sp³-hybridized carbons (Fsp3) is 0.200. The van der Waals surface area contributed by atoms with Gasteiger partial charge in [-0.15, -0.1) is 5.10 Å². The number of carbonyl (C=O) groups is 1. The maximum Gasteiger partial charge on any atom is 0.340 e. The van der Waals surface area contributed by atoms with E-state index in [0.29, 0.717) is 23.7 Å². The van der Waals surface area contributed by atoms with Crippen LogP contribution in [0.1, 0.15) is 29.8 Å². The van der Waals surface area contributed by atoms with Crippen molar-refractivity contribution < 1.29 is 9.53 Å². The molecular formula is C20H21N5O2. The van der Waals surface area contributed by atoms with Gasteiger partial charge in [-0.2, -0.15) is 10.1 Å². The number of aryl methyl sites for hydroxylation is 1. The third kappa shape index (κ3) is 4.78. The van der Waals surface area contributed by atoms with Gasteiger partial charge >= 0.3 is 5.97 Å². The van der Waals surface area contributed by atoms with Crippen molar-refractivity contribution in [3.63, 3.8) is 0 Å². The standard InChI is InChI=1S/C20H21N5O2/c1-3-14-9-11-15(12-10-14)22-18-13-21-25-20(24-18)23-17-8-6-5-7-16(17)19(26)27-4-2/h5-13H,3-4H2,1-2H3,(H2,22,23,24,25). The minimum atomic E-state index is -0.404. The van der Waals surface area contributed by atoms with E-state index in [4.69, 9.17) is 4.74 Å². The van der Waals surface area contributed by atoms with Crippen LogP contribution in [0.2, 0.25) is 0 Å². The molecule has 27 heavy (non-hydrogen) atoms. The third-order valence-electron chi connectivity index (χ3n) is 3.86. The summed E-state index contributed by atoms with van der Waals surface area (Å²) in [6.45, 7) is 4.19. The van der Waals surface area contributed by atoms with Crippen LogP contribution < -0.4 is 10.6 Å². The molecule has 2 aromatic carbocycles. The Balaban J connectivity index is 1.77. The lowest BCUT2D eigenvalue weighted by molar-refractivity contribution is 0.0527. The second-order valence-electron chi connectivity index (χ2n) is 5.73. The van der Waals surface area contributed by atoms with Gasteiger partial charge in [0.25, 0.3) is 0 Å². The zero-order chi connectivity index (χ0) is 19.1. The molecule has 0 fully saturated rings. The number of benzene rings is 2. The number of esters is 1. The molecule has 0 aliphatic carbocycles. The van der Waals surface area contributed by atoms with Crippen LogP contribution in [0.3, 0.4) is 0 Å². The smallest absolute Gasteiger partial charge is 0.340 e. The van der Waals surface area contributed by atoms with Gasteiger partial charge in [-0.3, -0.25) is 0 Å². The van der Waals surface area contributed by atoms with E-state index in [-0.39, 0.29) is 5.95 Å². The average molecular weight is 363 g/mol. The maximum absolute atomic E-state index is 12.1. The van der Waals surface area contributed by atoms with Crippen LogP contribution in [0.25, 0.3) is 0 Å². The Labute approximate surface area is 157 Å². The van der Waals surface area contributed by atoms with Crippen molar-refractivity contribution in [2.24, 2.45) is 0 Å². The first kappa shape index (κ1) is 18.3. The number of nitrogens with one attached hydrogen (secondary N) is 2. The number of ether oxygens (including phenoxy) is 1. The lowest BCUT2D eigenvalue weighted by Gasteiger charge is -2.11. The van der Waals surface area contributed by atoms with E-state index in [2.05, 4.69) is 44.9 Å². The summed E-state index contributed by atoms with van der Waals surface area (Å²) in [6.07, 6.45) is 2.53. The fourth-order valence-corrected chi connectivity index (χ4v) is 2.49. The molecule has 3 rings (SSSR count). The highest BCUT2D eigenvalue weighted by atomic mass is 16.5. The summed E-state index contributed by atoms with van der Waals surface area (Å²) in [4.78, 5) is 16.5. The zero-order valence-corrected chi connectivity index (χ0v) is 15.3. The van der Waals surface area contributed by atoms with Gasteiger partial charge in [-0.05, 0) is 43.2 Å². The number of anilines is 4. The molecule has 0 unspecified atom stereocenters. The summed E-state index contributed by atoms with van der Waals surface area (Å²) in [6, 6.07) is 15.1. The first-order chi connectivity index (χ1) is 13.2. The van der Waals surface area contributed by atoms with Crippen LogP contribution in [0, 0.1) is 0 Å². The van der Waals surface area contributed by atoms with Gasteiger partial charge in [-0.25, -0.2) is 4.79 Å². The van der Waals surface area contributed by atoms with Crippen molar-refractivity contribution in [2.75, 3.05) is 17.2 Å². The van der Waals surface area contributed by atoms with E-state index >= 15 is 0 Å². The number of nitrogens with zero attached hydrogens (tertiary/aromatic N) is 3. The summed E-state index contributed by atoms with van der Waals surface area (Å²) in [5.74, 6) is 0.422. The van der Waals surface area contributed by atoms with E-state index in [1.165, 1.54) is 11.8 Å². The highest BCUT2D eigenvalue weighted by molar-refractivity contribution is 5.96. The van der Waals surface area contributed by atoms with Gasteiger partial charge < -0.3 is 15.4 Å². The van der Waals surface area contributed by atoms with Crippen LogP contribution in [-0.4, -0.2) is 27.8 Å². The van der Waals surface area contributed by atoms with E-state index in [1.54, 1.807) is 25.1 Å². The lowest BCUT2D eigenvalue weighted by Crippen LogP contribution is -2.09. The highest BCUT2D eigenvalue weighted by Crippen LogP contribution is 2.21. The largest absolute Gasteiger partial charge is 0.462 e. The molecule has 138 valence electrons. The minimum Gasteiger partial charge on any atom is -0.462 e. The molecule has 3 aromatic rings. The van der Waals surface area contributed by atoms with Crippen molar-refractivity contribution in [3.05, 3.63) is 65.9 Å². The minimum absolute atomic E-state index is 0.280. The molecule has 0 aliphatic heterocycles. The molecule has 0 radical (unpaired) electrons. The van der Waals surface area contributed by atoms with Gasteiger partial charge in [0.05, 0.1) is 24.1 Å². The SMILES string of the molecule is CCOC(=O)c1ccccc1Nc1nncc(Nc2ccc(CC)cc2)n1. The Hall–Kier alpha value is -3.48. The van der Waals surface area contributed by atoms with E-state index < -0.39 is 5.97 Å². The van der Waals surface area contributed by atoms with Crippen molar-refractivity contribution >= 4 is 29.1 Å². The molecule has 0 spiro atoms. The lowest BCUT2D eigenvalue weighted by atomic mass is 10.1. The van der Waals surface area contributed by atoms with Gasteiger partial charge in [0.1, 0.15) is 0 Å². The van der Waals surface area contributed by atoms with Crippen LogP contribution in [0.4, 0.5) is 23.1 Å². The predicted molar refractivity (Wildman–Crippen MR) is 105 cm³/mol. The van der Waals surface area contributed by atoms with Gasteiger partial charge in [0, 0.05) is 5.69 Å². The normalized spacial score (nSPS) is 10.3. The number of hydrogen-bond donors (Lipinski definition) is 2. The van der Waals surface area contributed by atoms with Crippen LogP contribution in [-0.2, 0) is 11.2 Å². The topological polar surface area (TPSA) is 89.0 Å². The molecule has 2 N–H and O–H groups in total. The van der Waals surface area contributed by atoms with Gasteiger partial charge in [0.2, 0.25) is 5.95 Å². The molecule has 0 atom stereocenters. The predicted octanol–water partition coefficient (Wildman–Crippen LogP) is 4.10. The molecule has 7 nitrogen and oxygen atoms in total. The molecule has 1 aromatic heterocycles. The molecule has 1 heterocycles. The molecule has 7 heteroatoms. The summed E-state index contributed by atoms with van der Waals surface area (Å²) < 4.78 is 5.08. The van der Waals surface area contributed by atoms with Crippen LogP contribution in [0.5, 0.6) is 0 Å². The molecule has 0 saturated heterocycles. The Bertz CT molecular complexity index is 912. The maximum atomic E-state index is 12.1. The Morgan fingerprint density at radius 2 is 1.81 bits per heavy atom. The quantitative estimate of drug-likeness (QED) is 0.611. The second kappa shape index (κ2) is 8.75. The van der Waals surface area contributed by atoms with Crippen molar-refractivity contribution in [2.45, 2.75) is 20.3 Å². The zero-order valence-electron chi connectivity index (χ0n) is 15.3. The Morgan fingerprint density at radius 3 is 2.56 bits per heavy atom. The molecule has 0 bridgehead atoms. The first-order valence-corrected chi connectivity index (χ1v) is 8.78. The monoisotopic (exact) mass is 363 g/mol. The molecule has 0 aliphatic rings. The van der Waals surface area contributed by atoms with Crippen molar-refractivity contribution in [1.82, 2.24) is 15.2 Å². The van der Waals surface area contributed by atoms with Crippen molar-refractivity contribution in [1.29, 1.82) is 0 Å². The molecule has 0 amide bonds. The third-order valence-corrected chi connectivity index (χ3v) is 3.86. The van der Waals surface area contributed by atoms with Gasteiger partial charge in [-0.1, -0.05) is 31.2 Å². The average Bonchev–Trinajstić information content (AvgIpc) is 2.69. The van der Waals surface area contributed by atoms with Crippen molar-refractivity contribution in [3.8, 4) is 0 Å². The summed E-state index contributed by atoms with van der Waals surface area (Å²) in [7, 11) is 0. The van der Waals surface area contributed by atoms with Crippen LogP contribution >= 0.6 is 0 Å². The summed E-state index contributed by atoms with van der Waals surface area (Å²) >= 11 is 0. The molecular weight excluding hydrogens is 342 g/mol. The number of carbonyl (C=O) groups excluding carboxylic acids is 1. The second-order valence-corrected chi connectivity index (χ2v) is 5.73. The van der Waals surface area contributed by atoms with E-state index in [9.17, 15) is 4.79 Å². The Morgan fingerprint density at radius 1 is 1.04 bits per heavy atom. The van der Waals surface area contributed by atoms with Crippen LogP contribution in [0.15, 0.2) is 54.7 Å². The Kier molecular flexibility index (Phi) is 5.94. The number of hydrogen-bond acceptors (Lipinski definition) is 7. The van der Waals surface area contributed by atoms with E-state index in [1.807, 2.05) is 18.2 Å². The highest BCUT2D eigenvalue weighted by Gasteiger charge is 2.13. The fourth-order valence-electron chi connectivity index (χ4n) is 2.49. The molecule has 0 saturated carbocycles.